The molecule has 4 nitrogen and oxygen atoms in total. The van der Waals surface area contributed by atoms with Gasteiger partial charge in [-0.1, -0.05) is 58.8 Å². The predicted octanol–water partition coefficient (Wildman–Crippen LogP) is 4.44. The molecule has 0 atom stereocenters. The van der Waals surface area contributed by atoms with Gasteiger partial charge in [-0.05, 0) is 38.0 Å². The SMILES string of the molecule is CC(C)CCCCCCCCCOCCCC(N)(CCO)CCO.Cl. The fourth-order valence-corrected chi connectivity index (χ4v) is 3.09. The fraction of sp³-hybridized carbons (Fsp3) is 1.00. The van der Waals surface area contributed by atoms with Gasteiger partial charge in [-0.3, -0.25) is 0 Å². The van der Waals surface area contributed by atoms with Crippen LogP contribution in [0.2, 0.25) is 0 Å². The molecule has 0 heterocycles. The van der Waals surface area contributed by atoms with Crippen LogP contribution in [-0.2, 0) is 4.74 Å². The minimum absolute atomic E-state index is 0. The van der Waals surface area contributed by atoms with Gasteiger partial charge in [0, 0.05) is 32.0 Å². The molecule has 0 unspecified atom stereocenters. The molecule has 0 aromatic carbocycles. The van der Waals surface area contributed by atoms with E-state index in [1.165, 1.54) is 44.9 Å². The van der Waals surface area contributed by atoms with Crippen LogP contribution in [0.25, 0.3) is 0 Å². The Balaban J connectivity index is 0. The van der Waals surface area contributed by atoms with Crippen LogP contribution in [0.5, 0.6) is 0 Å². The van der Waals surface area contributed by atoms with Crippen molar-refractivity contribution in [3.05, 3.63) is 0 Å². The normalized spacial score (nSPS) is 11.8. The largest absolute Gasteiger partial charge is 0.396 e. The van der Waals surface area contributed by atoms with Crippen molar-refractivity contribution in [2.45, 2.75) is 96.4 Å². The summed E-state index contributed by atoms with van der Waals surface area (Å²) in [4.78, 5) is 0. The highest BCUT2D eigenvalue weighted by Gasteiger charge is 2.22. The molecule has 0 bridgehead atoms. The standard InChI is InChI=1S/C20H43NO3.ClH/c1-19(2)11-8-6-4-3-5-7-9-17-24-18-10-12-20(21,13-15-22)14-16-23;/h19,22-23H,3-18,21H2,1-2H3;1H. The van der Waals surface area contributed by atoms with Crippen LogP contribution in [0.3, 0.4) is 0 Å². The van der Waals surface area contributed by atoms with Crippen LogP contribution in [0, 0.1) is 5.92 Å². The molecule has 0 aromatic heterocycles. The summed E-state index contributed by atoms with van der Waals surface area (Å²) in [6.45, 7) is 6.32. The Morgan fingerprint density at radius 1 is 0.760 bits per heavy atom. The Morgan fingerprint density at radius 2 is 1.24 bits per heavy atom. The molecular formula is C20H44ClNO3. The van der Waals surface area contributed by atoms with Gasteiger partial charge in [-0.2, -0.15) is 0 Å². The minimum atomic E-state index is -0.442. The summed E-state index contributed by atoms with van der Waals surface area (Å²) in [6.07, 6.45) is 13.4. The minimum Gasteiger partial charge on any atom is -0.396 e. The summed E-state index contributed by atoms with van der Waals surface area (Å²) in [5.41, 5.74) is 5.75. The first kappa shape index (κ1) is 27.3. The van der Waals surface area contributed by atoms with Crippen LogP contribution in [0.4, 0.5) is 0 Å². The monoisotopic (exact) mass is 381 g/mol. The Hall–Kier alpha value is 0.130. The van der Waals surface area contributed by atoms with Crippen LogP contribution in [0.15, 0.2) is 0 Å². The number of nitrogens with two attached hydrogens (primary N) is 1. The van der Waals surface area contributed by atoms with Crippen molar-refractivity contribution in [2.75, 3.05) is 26.4 Å². The number of unbranched alkanes of at least 4 members (excludes halogenated alkanes) is 6. The van der Waals surface area contributed by atoms with Gasteiger partial charge in [0.15, 0.2) is 0 Å². The fourth-order valence-electron chi connectivity index (χ4n) is 3.09. The summed E-state index contributed by atoms with van der Waals surface area (Å²) in [6, 6.07) is 0. The molecule has 0 aliphatic heterocycles. The zero-order valence-corrected chi connectivity index (χ0v) is 17.5. The van der Waals surface area contributed by atoms with Gasteiger partial charge in [0.25, 0.3) is 0 Å². The second kappa shape index (κ2) is 18.9. The average Bonchev–Trinajstić information content (AvgIpc) is 2.52. The number of hydrogen-bond acceptors (Lipinski definition) is 4. The zero-order valence-electron chi connectivity index (χ0n) is 16.7. The zero-order chi connectivity index (χ0) is 18.1. The van der Waals surface area contributed by atoms with E-state index in [1.54, 1.807) is 0 Å². The second-order valence-electron chi connectivity index (χ2n) is 7.68. The lowest BCUT2D eigenvalue weighted by Crippen LogP contribution is -2.41. The van der Waals surface area contributed by atoms with Crippen molar-refractivity contribution in [2.24, 2.45) is 11.7 Å². The Morgan fingerprint density at radius 3 is 1.76 bits per heavy atom. The van der Waals surface area contributed by atoms with E-state index in [1.807, 2.05) is 0 Å². The molecule has 0 saturated carbocycles. The van der Waals surface area contributed by atoms with Gasteiger partial charge in [-0.25, -0.2) is 0 Å². The van der Waals surface area contributed by atoms with E-state index < -0.39 is 5.54 Å². The number of aliphatic hydroxyl groups excluding tert-OH is 2. The van der Waals surface area contributed by atoms with Crippen LogP contribution in [-0.4, -0.2) is 42.2 Å². The highest BCUT2D eigenvalue weighted by Crippen LogP contribution is 2.18. The Kier molecular flexibility index (Phi) is 20.7. The molecule has 154 valence electrons. The highest BCUT2D eigenvalue weighted by atomic mass is 35.5. The van der Waals surface area contributed by atoms with Crippen LogP contribution < -0.4 is 5.73 Å². The molecule has 0 aliphatic rings. The van der Waals surface area contributed by atoms with E-state index >= 15 is 0 Å². The summed E-state index contributed by atoms with van der Waals surface area (Å²) in [5, 5.41) is 18.1. The van der Waals surface area contributed by atoms with E-state index in [2.05, 4.69) is 13.8 Å². The van der Waals surface area contributed by atoms with E-state index in [4.69, 9.17) is 20.7 Å². The summed E-state index contributed by atoms with van der Waals surface area (Å²) in [7, 11) is 0. The van der Waals surface area contributed by atoms with Gasteiger partial charge in [0.05, 0.1) is 0 Å². The van der Waals surface area contributed by atoms with E-state index in [9.17, 15) is 0 Å². The lowest BCUT2D eigenvalue weighted by Gasteiger charge is -2.28. The third kappa shape index (κ3) is 18.7. The first-order chi connectivity index (χ1) is 11.5. The molecule has 0 amide bonds. The Labute approximate surface area is 162 Å². The van der Waals surface area contributed by atoms with Gasteiger partial charge in [0.2, 0.25) is 0 Å². The van der Waals surface area contributed by atoms with Crippen molar-refractivity contribution in [1.82, 2.24) is 0 Å². The van der Waals surface area contributed by atoms with Crippen molar-refractivity contribution in [3.8, 4) is 0 Å². The molecule has 0 aliphatic carbocycles. The maximum Gasteiger partial charge on any atom is 0.0466 e. The van der Waals surface area contributed by atoms with Crippen molar-refractivity contribution >= 4 is 12.4 Å². The molecule has 25 heavy (non-hydrogen) atoms. The van der Waals surface area contributed by atoms with Crippen LogP contribution >= 0.6 is 12.4 Å². The number of hydrogen-bond donors (Lipinski definition) is 3. The van der Waals surface area contributed by atoms with Gasteiger partial charge in [0.1, 0.15) is 0 Å². The Bertz CT molecular complexity index is 259. The molecule has 5 heteroatoms. The molecule has 0 radical (unpaired) electrons. The number of halogens is 1. The number of rotatable bonds is 18. The topological polar surface area (TPSA) is 75.7 Å². The first-order valence-corrected chi connectivity index (χ1v) is 10.1. The number of aliphatic hydroxyl groups is 2. The molecule has 0 aromatic rings. The first-order valence-electron chi connectivity index (χ1n) is 10.1. The van der Waals surface area contributed by atoms with Gasteiger partial charge < -0.3 is 20.7 Å². The average molecular weight is 382 g/mol. The second-order valence-corrected chi connectivity index (χ2v) is 7.68. The summed E-state index contributed by atoms with van der Waals surface area (Å²) < 4.78 is 5.68. The summed E-state index contributed by atoms with van der Waals surface area (Å²) >= 11 is 0. The summed E-state index contributed by atoms with van der Waals surface area (Å²) in [5.74, 6) is 0.846. The van der Waals surface area contributed by atoms with Gasteiger partial charge >= 0.3 is 0 Å². The van der Waals surface area contributed by atoms with Crippen molar-refractivity contribution < 1.29 is 14.9 Å². The lowest BCUT2D eigenvalue weighted by atomic mass is 9.88. The van der Waals surface area contributed by atoms with Crippen molar-refractivity contribution in [3.63, 3.8) is 0 Å². The molecule has 4 N–H and O–H groups in total. The van der Waals surface area contributed by atoms with E-state index in [0.717, 1.165) is 38.4 Å². The van der Waals surface area contributed by atoms with Crippen molar-refractivity contribution in [1.29, 1.82) is 0 Å². The highest BCUT2D eigenvalue weighted by molar-refractivity contribution is 5.85. The quantitative estimate of drug-likeness (QED) is 0.307. The molecule has 0 saturated heterocycles. The third-order valence-corrected chi connectivity index (χ3v) is 4.75. The predicted molar refractivity (Wildman–Crippen MR) is 109 cm³/mol. The number of ether oxygens (including phenoxy) is 1. The van der Waals surface area contributed by atoms with Crippen LogP contribution in [0.1, 0.15) is 90.9 Å². The lowest BCUT2D eigenvalue weighted by molar-refractivity contribution is 0.113. The maximum atomic E-state index is 9.05. The maximum absolute atomic E-state index is 9.05. The van der Waals surface area contributed by atoms with E-state index in [-0.39, 0.29) is 25.6 Å². The third-order valence-electron chi connectivity index (χ3n) is 4.75. The molecular weight excluding hydrogens is 338 g/mol. The smallest absolute Gasteiger partial charge is 0.0466 e. The van der Waals surface area contributed by atoms with Gasteiger partial charge in [-0.15, -0.1) is 12.4 Å². The molecule has 0 fully saturated rings. The van der Waals surface area contributed by atoms with E-state index in [0.29, 0.717) is 12.8 Å². The molecule has 0 rings (SSSR count). The molecule has 0 spiro atoms.